The van der Waals surface area contributed by atoms with Crippen molar-refractivity contribution in [3.8, 4) is 0 Å². The molecule has 3 rings (SSSR count). The van der Waals surface area contributed by atoms with Crippen molar-refractivity contribution in [2.75, 3.05) is 5.73 Å². The molecule has 3 N–H and O–H groups in total. The Labute approximate surface area is 172 Å². The number of nitrogens with one attached hydrogen (secondary N) is 1. The standard InChI is InChI=1S/C23H33N5O/c1-14(2)9-8-10-16(5)25-23(29)19-20-22(28(21(19)24)13-15(3)4)27-18-12-7-6-11-17(18)26-20/h6-7,11-12,14-16H,8-10,13,24H2,1-5H3,(H,25,29)/t16-/m0/s1. The Morgan fingerprint density at radius 2 is 1.69 bits per heavy atom. The normalized spacial score (nSPS) is 12.9. The number of rotatable bonds is 8. The molecule has 6 nitrogen and oxygen atoms in total. The van der Waals surface area contributed by atoms with Crippen molar-refractivity contribution in [2.24, 2.45) is 11.8 Å². The van der Waals surface area contributed by atoms with E-state index in [-0.39, 0.29) is 11.9 Å². The molecule has 0 aliphatic rings. The van der Waals surface area contributed by atoms with Crippen LogP contribution in [0.4, 0.5) is 5.82 Å². The fourth-order valence-electron chi connectivity index (χ4n) is 3.69. The third-order valence-corrected chi connectivity index (χ3v) is 5.16. The SMILES string of the molecule is CC(C)CCC[C@H](C)NC(=O)c1c(N)n(CC(C)C)c2nc3ccccc3nc12. The zero-order chi connectivity index (χ0) is 21.1. The maximum Gasteiger partial charge on any atom is 0.257 e. The summed E-state index contributed by atoms with van der Waals surface area (Å²) in [5.41, 5.74) is 9.72. The molecule has 156 valence electrons. The molecular formula is C23H33N5O. The zero-order valence-electron chi connectivity index (χ0n) is 18.2. The monoisotopic (exact) mass is 395 g/mol. The van der Waals surface area contributed by atoms with Gasteiger partial charge in [0.2, 0.25) is 0 Å². The first-order chi connectivity index (χ1) is 13.8. The van der Waals surface area contributed by atoms with E-state index < -0.39 is 0 Å². The maximum absolute atomic E-state index is 13.1. The Hall–Kier alpha value is -2.63. The Bertz CT molecular complexity index is 1010. The number of benzene rings is 1. The van der Waals surface area contributed by atoms with Crippen LogP contribution in [-0.4, -0.2) is 26.5 Å². The van der Waals surface area contributed by atoms with Gasteiger partial charge in [-0.05, 0) is 37.3 Å². The topological polar surface area (TPSA) is 85.8 Å². The van der Waals surface area contributed by atoms with E-state index in [4.69, 9.17) is 15.7 Å². The number of nitrogens with two attached hydrogens (primary N) is 1. The molecule has 0 aliphatic carbocycles. The van der Waals surface area contributed by atoms with Gasteiger partial charge in [0.15, 0.2) is 5.65 Å². The number of nitrogens with zero attached hydrogens (tertiary/aromatic N) is 3. The summed E-state index contributed by atoms with van der Waals surface area (Å²) >= 11 is 0. The van der Waals surface area contributed by atoms with E-state index in [0.717, 1.165) is 30.3 Å². The molecule has 0 bridgehead atoms. The van der Waals surface area contributed by atoms with E-state index >= 15 is 0 Å². The lowest BCUT2D eigenvalue weighted by atomic mass is 10.0. The minimum absolute atomic E-state index is 0.0811. The third kappa shape index (κ3) is 4.69. The summed E-state index contributed by atoms with van der Waals surface area (Å²) in [5.74, 6) is 1.31. The van der Waals surface area contributed by atoms with Crippen molar-refractivity contribution in [2.45, 2.75) is 66.5 Å². The molecule has 0 aliphatic heterocycles. The second-order valence-electron chi connectivity index (χ2n) is 8.85. The molecule has 0 saturated carbocycles. The van der Waals surface area contributed by atoms with Gasteiger partial charge in [-0.2, -0.15) is 0 Å². The predicted octanol–water partition coefficient (Wildman–Crippen LogP) is 4.77. The predicted molar refractivity (Wildman–Crippen MR) is 120 cm³/mol. The first-order valence-electron chi connectivity index (χ1n) is 10.6. The number of anilines is 1. The van der Waals surface area contributed by atoms with Crippen LogP contribution in [0, 0.1) is 11.8 Å². The minimum Gasteiger partial charge on any atom is -0.384 e. The number of aromatic nitrogens is 3. The van der Waals surface area contributed by atoms with Gasteiger partial charge in [-0.3, -0.25) is 4.79 Å². The van der Waals surface area contributed by atoms with E-state index in [1.807, 2.05) is 35.8 Å². The highest BCUT2D eigenvalue weighted by molar-refractivity contribution is 6.10. The number of carbonyl (C=O) groups is 1. The van der Waals surface area contributed by atoms with E-state index in [1.54, 1.807) is 0 Å². The number of fused-ring (bicyclic) bond motifs is 2. The van der Waals surface area contributed by atoms with Crippen LogP contribution in [0.25, 0.3) is 22.2 Å². The number of carbonyl (C=O) groups excluding carboxylic acids is 1. The second kappa shape index (κ2) is 8.80. The summed E-state index contributed by atoms with van der Waals surface area (Å²) in [6.45, 7) is 11.4. The van der Waals surface area contributed by atoms with E-state index in [1.165, 1.54) is 0 Å². The maximum atomic E-state index is 13.1. The number of nitrogen functional groups attached to an aromatic ring is 1. The molecule has 3 aromatic rings. The van der Waals surface area contributed by atoms with Crippen LogP contribution in [-0.2, 0) is 6.54 Å². The highest BCUT2D eigenvalue weighted by atomic mass is 16.1. The highest BCUT2D eigenvalue weighted by Crippen LogP contribution is 2.28. The molecule has 2 aromatic heterocycles. The first-order valence-corrected chi connectivity index (χ1v) is 10.6. The van der Waals surface area contributed by atoms with Crippen LogP contribution < -0.4 is 11.1 Å². The Kier molecular flexibility index (Phi) is 6.40. The molecule has 29 heavy (non-hydrogen) atoms. The van der Waals surface area contributed by atoms with Gasteiger partial charge in [-0.15, -0.1) is 0 Å². The summed E-state index contributed by atoms with van der Waals surface area (Å²) in [4.78, 5) is 22.7. The molecule has 6 heteroatoms. The lowest BCUT2D eigenvalue weighted by Gasteiger charge is -2.15. The van der Waals surface area contributed by atoms with Gasteiger partial charge in [0, 0.05) is 12.6 Å². The van der Waals surface area contributed by atoms with Gasteiger partial charge in [-0.1, -0.05) is 52.7 Å². The molecule has 2 heterocycles. The van der Waals surface area contributed by atoms with Crippen molar-refractivity contribution >= 4 is 33.9 Å². The fourth-order valence-corrected chi connectivity index (χ4v) is 3.69. The Morgan fingerprint density at radius 1 is 1.03 bits per heavy atom. The smallest absolute Gasteiger partial charge is 0.257 e. The summed E-state index contributed by atoms with van der Waals surface area (Å²) in [6, 6.07) is 7.79. The molecular weight excluding hydrogens is 362 g/mol. The number of para-hydroxylation sites is 2. The third-order valence-electron chi connectivity index (χ3n) is 5.16. The summed E-state index contributed by atoms with van der Waals surface area (Å²) in [7, 11) is 0. The van der Waals surface area contributed by atoms with E-state index in [2.05, 4.69) is 33.0 Å². The number of hydrogen-bond donors (Lipinski definition) is 2. The van der Waals surface area contributed by atoms with Crippen LogP contribution >= 0.6 is 0 Å². The van der Waals surface area contributed by atoms with Crippen LogP contribution in [0.15, 0.2) is 24.3 Å². The van der Waals surface area contributed by atoms with Gasteiger partial charge >= 0.3 is 0 Å². The van der Waals surface area contributed by atoms with Gasteiger partial charge in [0.05, 0.1) is 11.0 Å². The lowest BCUT2D eigenvalue weighted by molar-refractivity contribution is 0.0940. The van der Waals surface area contributed by atoms with E-state index in [0.29, 0.717) is 40.9 Å². The first kappa shape index (κ1) is 21.1. The number of amides is 1. The summed E-state index contributed by atoms with van der Waals surface area (Å²) < 4.78 is 1.93. The lowest BCUT2D eigenvalue weighted by Crippen LogP contribution is -2.33. The zero-order valence-corrected chi connectivity index (χ0v) is 18.2. The molecule has 0 spiro atoms. The Morgan fingerprint density at radius 3 is 2.31 bits per heavy atom. The van der Waals surface area contributed by atoms with Crippen LogP contribution in [0.5, 0.6) is 0 Å². The second-order valence-corrected chi connectivity index (χ2v) is 8.85. The van der Waals surface area contributed by atoms with Crippen molar-refractivity contribution in [1.29, 1.82) is 0 Å². The average Bonchev–Trinajstić information content (AvgIpc) is 2.90. The molecule has 0 saturated heterocycles. The van der Waals surface area contributed by atoms with Crippen LogP contribution in [0.1, 0.15) is 64.2 Å². The molecule has 1 aromatic carbocycles. The highest BCUT2D eigenvalue weighted by Gasteiger charge is 2.25. The molecule has 1 amide bonds. The molecule has 0 unspecified atom stereocenters. The molecule has 0 fully saturated rings. The van der Waals surface area contributed by atoms with Crippen molar-refractivity contribution in [1.82, 2.24) is 19.9 Å². The Balaban J connectivity index is 1.98. The van der Waals surface area contributed by atoms with Crippen molar-refractivity contribution in [3.63, 3.8) is 0 Å². The van der Waals surface area contributed by atoms with Gasteiger partial charge in [-0.25, -0.2) is 9.97 Å². The van der Waals surface area contributed by atoms with Crippen LogP contribution in [0.2, 0.25) is 0 Å². The van der Waals surface area contributed by atoms with Gasteiger partial charge in [0.1, 0.15) is 16.9 Å². The van der Waals surface area contributed by atoms with Gasteiger partial charge < -0.3 is 15.6 Å². The number of hydrogen-bond acceptors (Lipinski definition) is 4. The largest absolute Gasteiger partial charge is 0.384 e. The quantitative estimate of drug-likeness (QED) is 0.575. The van der Waals surface area contributed by atoms with Crippen LogP contribution in [0.3, 0.4) is 0 Å². The minimum atomic E-state index is -0.170. The average molecular weight is 396 g/mol. The summed E-state index contributed by atoms with van der Waals surface area (Å²) in [5, 5.41) is 3.12. The van der Waals surface area contributed by atoms with Gasteiger partial charge in [0.25, 0.3) is 5.91 Å². The molecule has 1 atom stereocenters. The molecule has 0 radical (unpaired) electrons. The van der Waals surface area contributed by atoms with Crippen molar-refractivity contribution < 1.29 is 4.79 Å². The summed E-state index contributed by atoms with van der Waals surface area (Å²) in [6.07, 6.45) is 3.20. The fraction of sp³-hybridized carbons (Fsp3) is 0.522. The van der Waals surface area contributed by atoms with E-state index in [9.17, 15) is 4.79 Å². The van der Waals surface area contributed by atoms with Crippen molar-refractivity contribution in [3.05, 3.63) is 29.8 Å².